The second-order valence-corrected chi connectivity index (χ2v) is 13.3. The second-order valence-electron chi connectivity index (χ2n) is 13.3. The van der Waals surface area contributed by atoms with Crippen LogP contribution in [0.5, 0.6) is 0 Å². The van der Waals surface area contributed by atoms with Crippen LogP contribution < -0.4 is 10.6 Å². The third kappa shape index (κ3) is 6.93. The van der Waals surface area contributed by atoms with Gasteiger partial charge >= 0.3 is 5.97 Å². The summed E-state index contributed by atoms with van der Waals surface area (Å²) in [6.07, 6.45) is 8.85. The topological polar surface area (TPSA) is 90.4 Å². The van der Waals surface area contributed by atoms with E-state index in [0.717, 1.165) is 76.1 Å². The first-order valence-electron chi connectivity index (χ1n) is 17.0. The number of anilines is 2. The zero-order chi connectivity index (χ0) is 30.5. The quantitative estimate of drug-likeness (QED) is 0.210. The summed E-state index contributed by atoms with van der Waals surface area (Å²) in [6, 6.07) is 22.1. The highest BCUT2D eigenvalue weighted by Gasteiger charge is 2.34. The Bertz CT molecular complexity index is 1370. The molecule has 3 N–H and O–H groups in total. The number of likely N-dealkylation sites (tertiary alicyclic amines) is 1. The molecule has 1 saturated carbocycles. The fraction of sp³-hybridized carbons (Fsp3) is 0.541. The number of aromatic nitrogens is 2. The van der Waals surface area contributed by atoms with Gasteiger partial charge in [0.15, 0.2) is 0 Å². The molecule has 3 aromatic rings. The Morgan fingerprint density at radius 2 is 1.61 bits per heavy atom. The molecule has 44 heavy (non-hydrogen) atoms. The van der Waals surface area contributed by atoms with Gasteiger partial charge in [0.2, 0.25) is 5.95 Å². The van der Waals surface area contributed by atoms with Crippen LogP contribution in [0, 0.1) is 11.8 Å². The zero-order valence-corrected chi connectivity index (χ0v) is 26.4. The van der Waals surface area contributed by atoms with E-state index < -0.39 is 5.97 Å². The number of rotatable bonds is 11. The van der Waals surface area contributed by atoms with E-state index in [0.29, 0.717) is 17.8 Å². The number of hydrogen-bond donors (Lipinski definition) is 3. The largest absolute Gasteiger partial charge is 0.481 e. The molecule has 4 atom stereocenters. The Morgan fingerprint density at radius 1 is 0.932 bits per heavy atom. The van der Waals surface area contributed by atoms with Crippen LogP contribution in [0.15, 0.2) is 60.7 Å². The van der Waals surface area contributed by atoms with E-state index in [4.69, 9.17) is 9.97 Å². The standard InChI is InChI=1S/C37H49N5O2/c1-3-31(28-16-18-29(19-17-28)36(43)44)39-37-40-32-21-20-30(26-12-6-4-7-13-26)25(2)34(32)35(41-37)38-33(24-42-22-10-11-23-42)27-14-8-5-9-15-27/h4-9,12-15,25,28-31,33H,3,10-11,16-24H2,1-2H3,(H,43,44)(H2,38,39,40,41)/t25-,28?,29?,30-,31-,33+/m1/s1. The average Bonchev–Trinajstić information content (AvgIpc) is 3.57. The van der Waals surface area contributed by atoms with Crippen molar-refractivity contribution in [3.8, 4) is 0 Å². The van der Waals surface area contributed by atoms with Crippen LogP contribution in [-0.4, -0.2) is 51.6 Å². The van der Waals surface area contributed by atoms with Crippen molar-refractivity contribution >= 4 is 17.7 Å². The number of nitrogens with one attached hydrogen (secondary N) is 2. The number of fused-ring (bicyclic) bond motifs is 1. The van der Waals surface area contributed by atoms with Crippen molar-refractivity contribution in [2.24, 2.45) is 11.8 Å². The lowest BCUT2D eigenvalue weighted by Gasteiger charge is -2.35. The molecule has 0 unspecified atom stereocenters. The summed E-state index contributed by atoms with van der Waals surface area (Å²) in [4.78, 5) is 24.6. The molecule has 1 aromatic heterocycles. The van der Waals surface area contributed by atoms with Gasteiger partial charge in [-0.3, -0.25) is 4.79 Å². The number of nitrogens with zero attached hydrogens (tertiary/aromatic N) is 3. The monoisotopic (exact) mass is 595 g/mol. The van der Waals surface area contributed by atoms with Gasteiger partial charge in [0.1, 0.15) is 5.82 Å². The van der Waals surface area contributed by atoms with Crippen molar-refractivity contribution in [1.82, 2.24) is 14.9 Å². The minimum absolute atomic E-state index is 0.124. The van der Waals surface area contributed by atoms with E-state index in [1.807, 2.05) is 0 Å². The van der Waals surface area contributed by atoms with Crippen LogP contribution >= 0.6 is 0 Å². The van der Waals surface area contributed by atoms with Gasteiger partial charge in [0.25, 0.3) is 0 Å². The van der Waals surface area contributed by atoms with E-state index in [2.05, 4.69) is 90.0 Å². The molecule has 6 rings (SSSR count). The number of aryl methyl sites for hydroxylation is 1. The highest BCUT2D eigenvalue weighted by atomic mass is 16.4. The van der Waals surface area contributed by atoms with Gasteiger partial charge in [0, 0.05) is 18.2 Å². The lowest BCUT2D eigenvalue weighted by atomic mass is 9.74. The summed E-state index contributed by atoms with van der Waals surface area (Å²) < 4.78 is 0. The molecule has 1 aliphatic heterocycles. The molecule has 0 spiro atoms. The minimum atomic E-state index is -0.650. The molecule has 0 amide bonds. The molecule has 2 aliphatic carbocycles. The number of carboxylic acids is 1. The van der Waals surface area contributed by atoms with Crippen LogP contribution in [0.2, 0.25) is 0 Å². The van der Waals surface area contributed by atoms with Crippen molar-refractivity contribution in [2.45, 2.75) is 95.6 Å². The summed E-state index contributed by atoms with van der Waals surface area (Å²) >= 11 is 0. The molecule has 2 heterocycles. The second kappa shape index (κ2) is 14.1. The third-order valence-corrected chi connectivity index (χ3v) is 10.6. The van der Waals surface area contributed by atoms with E-state index in [9.17, 15) is 9.90 Å². The van der Waals surface area contributed by atoms with Crippen LogP contribution in [0.25, 0.3) is 0 Å². The Labute approximate surface area is 262 Å². The first-order chi connectivity index (χ1) is 21.5. The van der Waals surface area contributed by atoms with Crippen molar-refractivity contribution < 1.29 is 9.90 Å². The summed E-state index contributed by atoms with van der Waals surface area (Å²) in [5.74, 6) is 1.95. The van der Waals surface area contributed by atoms with Crippen molar-refractivity contribution in [3.05, 3.63) is 83.0 Å². The SMILES string of the molecule is CC[C@@H](Nc1nc2c(c(N[C@@H](CN3CCCC3)c3ccccc3)n1)[C@H](C)[C@H](c1ccccc1)CC2)C1CCC(C(=O)O)CC1. The van der Waals surface area contributed by atoms with Gasteiger partial charge in [-0.25, -0.2) is 4.98 Å². The van der Waals surface area contributed by atoms with Gasteiger partial charge in [-0.1, -0.05) is 74.5 Å². The Hall–Kier alpha value is -3.45. The Kier molecular flexibility index (Phi) is 9.80. The van der Waals surface area contributed by atoms with E-state index in [1.54, 1.807) is 0 Å². The highest BCUT2D eigenvalue weighted by molar-refractivity contribution is 5.70. The van der Waals surface area contributed by atoms with E-state index in [1.165, 1.54) is 29.5 Å². The number of hydrogen-bond acceptors (Lipinski definition) is 6. The van der Waals surface area contributed by atoms with Gasteiger partial charge in [-0.15, -0.1) is 0 Å². The van der Waals surface area contributed by atoms with Crippen LogP contribution in [0.3, 0.4) is 0 Å². The first kappa shape index (κ1) is 30.6. The van der Waals surface area contributed by atoms with Crippen LogP contribution in [-0.2, 0) is 11.2 Å². The Balaban J connectivity index is 1.33. The molecule has 0 bridgehead atoms. The van der Waals surface area contributed by atoms with Crippen molar-refractivity contribution in [1.29, 1.82) is 0 Å². The minimum Gasteiger partial charge on any atom is -0.481 e. The number of benzene rings is 2. The first-order valence-corrected chi connectivity index (χ1v) is 17.0. The lowest BCUT2D eigenvalue weighted by molar-refractivity contribution is -0.143. The third-order valence-electron chi connectivity index (χ3n) is 10.6. The average molecular weight is 596 g/mol. The van der Waals surface area contributed by atoms with Crippen molar-refractivity contribution in [3.63, 3.8) is 0 Å². The molecule has 0 radical (unpaired) electrons. The summed E-state index contributed by atoms with van der Waals surface area (Å²) in [7, 11) is 0. The summed E-state index contributed by atoms with van der Waals surface area (Å²) in [6.45, 7) is 7.81. The fourth-order valence-corrected chi connectivity index (χ4v) is 8.05. The highest BCUT2D eigenvalue weighted by Crippen LogP contribution is 2.45. The maximum atomic E-state index is 11.6. The summed E-state index contributed by atoms with van der Waals surface area (Å²) in [5, 5.41) is 17.3. The van der Waals surface area contributed by atoms with Gasteiger partial charge in [0.05, 0.1) is 17.7 Å². The molecule has 7 heteroatoms. The van der Waals surface area contributed by atoms with E-state index >= 15 is 0 Å². The lowest BCUT2D eigenvalue weighted by Crippen LogP contribution is -2.34. The molecule has 7 nitrogen and oxygen atoms in total. The predicted molar refractivity (Wildman–Crippen MR) is 177 cm³/mol. The molecule has 3 aliphatic rings. The normalized spacial score (nSPS) is 25.1. The molecule has 2 aromatic carbocycles. The maximum absolute atomic E-state index is 11.6. The summed E-state index contributed by atoms with van der Waals surface area (Å²) in [5.41, 5.74) is 5.08. The molecular weight excluding hydrogens is 546 g/mol. The van der Waals surface area contributed by atoms with E-state index in [-0.39, 0.29) is 23.9 Å². The molecule has 2 fully saturated rings. The van der Waals surface area contributed by atoms with Crippen LogP contribution in [0.1, 0.15) is 105 Å². The number of aliphatic carboxylic acids is 1. The smallest absolute Gasteiger partial charge is 0.306 e. The van der Waals surface area contributed by atoms with Crippen molar-refractivity contribution in [2.75, 3.05) is 30.3 Å². The fourth-order valence-electron chi connectivity index (χ4n) is 8.05. The number of carboxylic acid groups (broad SMARTS) is 1. The zero-order valence-electron chi connectivity index (χ0n) is 26.4. The van der Waals surface area contributed by atoms with Gasteiger partial charge < -0.3 is 20.6 Å². The molecular formula is C37H49N5O2. The molecule has 234 valence electrons. The Morgan fingerprint density at radius 3 is 2.27 bits per heavy atom. The maximum Gasteiger partial charge on any atom is 0.306 e. The predicted octanol–water partition coefficient (Wildman–Crippen LogP) is 7.64. The molecule has 1 saturated heterocycles. The van der Waals surface area contributed by atoms with Crippen LogP contribution in [0.4, 0.5) is 11.8 Å². The van der Waals surface area contributed by atoms with Gasteiger partial charge in [-0.2, -0.15) is 4.98 Å². The number of carbonyl (C=O) groups is 1. The van der Waals surface area contributed by atoms with Gasteiger partial charge in [-0.05, 0) is 99.8 Å².